The highest BCUT2D eigenvalue weighted by atomic mass is 35.5. The molecule has 6 nitrogen and oxygen atoms in total. The summed E-state index contributed by atoms with van der Waals surface area (Å²) in [6.07, 6.45) is 2.72. The van der Waals surface area contributed by atoms with E-state index in [-0.39, 0.29) is 5.76 Å². The van der Waals surface area contributed by atoms with Crippen molar-refractivity contribution < 1.29 is 14.0 Å². The lowest BCUT2D eigenvalue weighted by molar-refractivity contribution is 0.0483. The van der Waals surface area contributed by atoms with Gasteiger partial charge in [-0.2, -0.15) is 5.10 Å². The van der Waals surface area contributed by atoms with Gasteiger partial charge in [0.15, 0.2) is 0 Å². The Bertz CT molecular complexity index is 587. The van der Waals surface area contributed by atoms with Crippen LogP contribution in [0.25, 0.3) is 0 Å². The van der Waals surface area contributed by atoms with Crippen molar-refractivity contribution in [2.75, 3.05) is 0 Å². The lowest BCUT2D eigenvalue weighted by atomic mass is 10.3. The van der Waals surface area contributed by atoms with Crippen LogP contribution in [0.15, 0.2) is 28.0 Å². The first-order valence-corrected chi connectivity index (χ1v) is 5.44. The van der Waals surface area contributed by atoms with Gasteiger partial charge in [-0.25, -0.2) is 4.79 Å². The van der Waals surface area contributed by atoms with Crippen molar-refractivity contribution >= 4 is 23.8 Å². The van der Waals surface area contributed by atoms with Crippen LogP contribution in [-0.2, 0) is 11.9 Å². The van der Waals surface area contributed by atoms with Crippen LogP contribution < -0.4 is 0 Å². The molecule has 2 aromatic heterocycles. The molecule has 0 radical (unpaired) electrons. The number of carbonyl (C=O) groups is 1. The van der Waals surface area contributed by atoms with Crippen LogP contribution in [-0.4, -0.2) is 22.0 Å². The summed E-state index contributed by atoms with van der Waals surface area (Å²) in [7, 11) is 1.71. The normalized spacial score (nSPS) is 11.1. The summed E-state index contributed by atoms with van der Waals surface area (Å²) in [6.45, 7) is 1.78. The van der Waals surface area contributed by atoms with E-state index in [1.54, 1.807) is 20.0 Å². The number of carbonyl (C=O) groups excluding carboxylic acids is 1. The van der Waals surface area contributed by atoms with E-state index in [2.05, 4.69) is 15.1 Å². The highest BCUT2D eigenvalue weighted by Crippen LogP contribution is 2.16. The van der Waals surface area contributed by atoms with Crippen molar-refractivity contribution in [2.24, 2.45) is 12.2 Å². The quantitative estimate of drug-likeness (QED) is 0.485. The van der Waals surface area contributed by atoms with Crippen molar-refractivity contribution in [1.29, 1.82) is 0 Å². The maximum atomic E-state index is 11.4. The van der Waals surface area contributed by atoms with Gasteiger partial charge < -0.3 is 9.25 Å². The third-order valence-corrected chi connectivity index (χ3v) is 2.68. The van der Waals surface area contributed by atoms with E-state index in [1.165, 1.54) is 23.2 Å². The van der Waals surface area contributed by atoms with Gasteiger partial charge in [-0.15, -0.1) is 0 Å². The molecular weight excluding hydrogens is 258 g/mol. The van der Waals surface area contributed by atoms with Crippen LogP contribution in [0.2, 0.25) is 5.15 Å². The highest BCUT2D eigenvalue weighted by molar-refractivity contribution is 6.32. The zero-order chi connectivity index (χ0) is 13.1. The van der Waals surface area contributed by atoms with Crippen LogP contribution >= 0.6 is 11.6 Å². The van der Waals surface area contributed by atoms with Gasteiger partial charge in [-0.05, 0) is 19.1 Å². The van der Waals surface area contributed by atoms with Crippen LogP contribution in [0, 0.1) is 6.92 Å². The molecular formula is C11H10ClN3O3. The molecule has 2 rings (SSSR count). The molecule has 0 unspecified atom stereocenters. The second-order valence-corrected chi connectivity index (χ2v) is 3.86. The minimum Gasteiger partial charge on any atom is -0.457 e. The molecule has 0 aliphatic heterocycles. The van der Waals surface area contributed by atoms with E-state index < -0.39 is 5.97 Å². The van der Waals surface area contributed by atoms with Crippen molar-refractivity contribution in [3.63, 3.8) is 0 Å². The Morgan fingerprint density at radius 1 is 1.67 bits per heavy atom. The van der Waals surface area contributed by atoms with Crippen molar-refractivity contribution in [3.8, 4) is 0 Å². The third kappa shape index (κ3) is 2.43. The number of furan rings is 1. The van der Waals surface area contributed by atoms with Crippen LogP contribution in [0.1, 0.15) is 21.8 Å². The molecule has 2 aromatic rings. The van der Waals surface area contributed by atoms with Crippen molar-refractivity contribution in [1.82, 2.24) is 9.78 Å². The minimum atomic E-state index is -0.672. The van der Waals surface area contributed by atoms with Gasteiger partial charge in [0.05, 0.1) is 23.7 Å². The first kappa shape index (κ1) is 12.4. The SMILES string of the molecule is Cc1nn(C)c(Cl)c1/C=N/OC(=O)c1ccco1. The second-order valence-electron chi connectivity index (χ2n) is 3.50. The first-order chi connectivity index (χ1) is 8.59. The van der Waals surface area contributed by atoms with Crippen LogP contribution in [0.3, 0.4) is 0 Å². The summed E-state index contributed by atoms with van der Waals surface area (Å²) in [5, 5.41) is 8.07. The number of nitrogens with zero attached hydrogens (tertiary/aromatic N) is 3. The first-order valence-electron chi connectivity index (χ1n) is 5.07. The number of aryl methyl sites for hydroxylation is 2. The summed E-state index contributed by atoms with van der Waals surface area (Å²) >= 11 is 5.98. The van der Waals surface area contributed by atoms with Crippen molar-refractivity contribution in [2.45, 2.75) is 6.92 Å². The molecule has 0 amide bonds. The van der Waals surface area contributed by atoms with Gasteiger partial charge in [-0.3, -0.25) is 4.68 Å². The fourth-order valence-electron chi connectivity index (χ4n) is 1.36. The van der Waals surface area contributed by atoms with E-state index in [0.717, 1.165) is 0 Å². The van der Waals surface area contributed by atoms with Gasteiger partial charge >= 0.3 is 5.97 Å². The minimum absolute atomic E-state index is 0.0844. The molecule has 0 aliphatic rings. The smallest absolute Gasteiger partial charge is 0.400 e. The molecule has 0 fully saturated rings. The average Bonchev–Trinajstić information content (AvgIpc) is 2.93. The summed E-state index contributed by atoms with van der Waals surface area (Å²) in [4.78, 5) is 16.0. The van der Waals surface area contributed by atoms with E-state index in [4.69, 9.17) is 16.0 Å². The summed E-state index contributed by atoms with van der Waals surface area (Å²) < 4.78 is 6.37. The number of rotatable bonds is 3. The molecule has 0 bridgehead atoms. The van der Waals surface area contributed by atoms with Gasteiger partial charge in [0.25, 0.3) is 0 Å². The number of halogens is 1. The number of hydrogen-bond donors (Lipinski definition) is 0. The third-order valence-electron chi connectivity index (χ3n) is 2.24. The largest absolute Gasteiger partial charge is 0.457 e. The lowest BCUT2D eigenvalue weighted by Gasteiger charge is -1.93. The second kappa shape index (κ2) is 5.05. The van der Waals surface area contributed by atoms with Gasteiger partial charge in [0.1, 0.15) is 5.15 Å². The Balaban J connectivity index is 2.06. The molecule has 0 aromatic carbocycles. The van der Waals surface area contributed by atoms with Gasteiger partial charge in [-0.1, -0.05) is 16.8 Å². The zero-order valence-electron chi connectivity index (χ0n) is 9.75. The fourth-order valence-corrected chi connectivity index (χ4v) is 1.58. The van der Waals surface area contributed by atoms with Crippen LogP contribution in [0.4, 0.5) is 0 Å². The molecule has 0 spiro atoms. The number of hydrogen-bond acceptors (Lipinski definition) is 5. The molecule has 0 saturated heterocycles. The van der Waals surface area contributed by atoms with E-state index >= 15 is 0 Å². The summed E-state index contributed by atoms with van der Waals surface area (Å²) in [6, 6.07) is 3.07. The Kier molecular flexibility index (Phi) is 3.47. The van der Waals surface area contributed by atoms with Gasteiger partial charge in [0.2, 0.25) is 5.76 Å². The summed E-state index contributed by atoms with van der Waals surface area (Å²) in [5.41, 5.74) is 1.30. The molecule has 0 atom stereocenters. The molecule has 94 valence electrons. The van der Waals surface area contributed by atoms with E-state index in [0.29, 0.717) is 16.4 Å². The highest BCUT2D eigenvalue weighted by Gasteiger charge is 2.11. The maximum Gasteiger partial charge on any atom is 0.400 e. The zero-order valence-corrected chi connectivity index (χ0v) is 10.5. The monoisotopic (exact) mass is 267 g/mol. The molecule has 18 heavy (non-hydrogen) atoms. The average molecular weight is 268 g/mol. The van der Waals surface area contributed by atoms with Crippen LogP contribution in [0.5, 0.6) is 0 Å². The maximum absolute atomic E-state index is 11.4. The Hall–Kier alpha value is -2.08. The van der Waals surface area contributed by atoms with E-state index in [9.17, 15) is 4.79 Å². The van der Waals surface area contributed by atoms with Crippen molar-refractivity contribution in [3.05, 3.63) is 40.6 Å². The Labute approximate surface area is 108 Å². The molecule has 0 saturated carbocycles. The standard InChI is InChI=1S/C11H10ClN3O3/c1-7-8(10(12)15(2)14-7)6-13-18-11(16)9-4-3-5-17-9/h3-6H,1-2H3/b13-6+. The number of aromatic nitrogens is 2. The molecule has 7 heteroatoms. The predicted octanol–water partition coefficient (Wildman–Crippen LogP) is 2.17. The topological polar surface area (TPSA) is 69.6 Å². The lowest BCUT2D eigenvalue weighted by Crippen LogP contribution is -1.99. The van der Waals surface area contributed by atoms with Gasteiger partial charge in [0, 0.05) is 7.05 Å². The van der Waals surface area contributed by atoms with E-state index in [1.807, 2.05) is 0 Å². The molecule has 0 N–H and O–H groups in total. The predicted molar refractivity (Wildman–Crippen MR) is 64.7 cm³/mol. The summed E-state index contributed by atoms with van der Waals surface area (Å²) in [5.74, 6) is -0.588. The molecule has 2 heterocycles. The number of oxime groups is 1. The Morgan fingerprint density at radius 2 is 2.44 bits per heavy atom. The molecule has 0 aliphatic carbocycles. The fraction of sp³-hybridized carbons (Fsp3) is 0.182. The Morgan fingerprint density at radius 3 is 3.00 bits per heavy atom.